The normalized spacial score (nSPS) is 23.9. The molecule has 0 radical (unpaired) electrons. The molecule has 0 heterocycles. The van der Waals surface area contributed by atoms with Gasteiger partial charge in [0, 0.05) is 25.0 Å². The van der Waals surface area contributed by atoms with Crippen LogP contribution in [0, 0.1) is 11.8 Å². The van der Waals surface area contributed by atoms with Crippen molar-refractivity contribution in [1.29, 1.82) is 0 Å². The molecule has 34 heavy (non-hydrogen) atoms. The first-order chi connectivity index (χ1) is 16.3. The zero-order chi connectivity index (χ0) is 24.7. The number of anilines is 2. The fourth-order valence-electron chi connectivity index (χ4n) is 6.75. The van der Waals surface area contributed by atoms with Crippen molar-refractivity contribution in [3.8, 4) is 0 Å². The predicted octanol–water partition coefficient (Wildman–Crippen LogP) is 5.77. The molecule has 1 aromatic rings. The molecule has 3 rings (SSSR count). The number of nitrogens with one attached hydrogen (secondary N) is 1. The van der Waals surface area contributed by atoms with Crippen LogP contribution in [0.15, 0.2) is 24.3 Å². The van der Waals surface area contributed by atoms with Crippen LogP contribution >= 0.6 is 0 Å². The molecule has 2 N–H and O–H groups in total. The lowest BCUT2D eigenvalue weighted by molar-refractivity contribution is -0.134. The maximum Gasteiger partial charge on any atom is 0.322 e. The summed E-state index contributed by atoms with van der Waals surface area (Å²) in [6.45, 7) is 9.18. The van der Waals surface area contributed by atoms with E-state index in [9.17, 15) is 9.59 Å². The van der Waals surface area contributed by atoms with E-state index in [-0.39, 0.29) is 18.5 Å². The molecule has 0 spiro atoms. The van der Waals surface area contributed by atoms with Crippen molar-refractivity contribution in [2.45, 2.75) is 104 Å². The molecule has 6 heteroatoms. The minimum atomic E-state index is -0.920. The molecule has 5 atom stereocenters. The van der Waals surface area contributed by atoms with Crippen LogP contribution in [0.5, 0.6) is 0 Å². The van der Waals surface area contributed by atoms with Crippen LogP contribution in [0.25, 0.3) is 0 Å². The zero-order valence-electron chi connectivity index (χ0n) is 21.6. The van der Waals surface area contributed by atoms with Gasteiger partial charge in [-0.2, -0.15) is 0 Å². The fourth-order valence-corrected chi connectivity index (χ4v) is 6.75. The summed E-state index contributed by atoms with van der Waals surface area (Å²) in [5.74, 6) is 0.859. The van der Waals surface area contributed by atoms with E-state index in [0.29, 0.717) is 17.8 Å². The van der Waals surface area contributed by atoms with Gasteiger partial charge in [0.15, 0.2) is 0 Å². The highest BCUT2D eigenvalue weighted by atomic mass is 16.4. The van der Waals surface area contributed by atoms with Crippen LogP contribution in [-0.2, 0) is 9.59 Å². The molecule has 2 fully saturated rings. The topological polar surface area (TPSA) is 72.9 Å². The lowest BCUT2D eigenvalue weighted by Gasteiger charge is -2.47. The summed E-state index contributed by atoms with van der Waals surface area (Å²) >= 11 is 0. The van der Waals surface area contributed by atoms with E-state index in [1.165, 1.54) is 38.5 Å². The van der Waals surface area contributed by atoms with Crippen molar-refractivity contribution in [2.24, 2.45) is 11.8 Å². The van der Waals surface area contributed by atoms with Crippen LogP contribution in [0.1, 0.15) is 85.5 Å². The number of aliphatic carboxylic acids is 1. The van der Waals surface area contributed by atoms with Crippen LogP contribution < -0.4 is 10.2 Å². The number of hydrogen-bond donors (Lipinski definition) is 2. The van der Waals surface area contributed by atoms with E-state index in [0.717, 1.165) is 43.3 Å². The third kappa shape index (κ3) is 6.74. The maximum absolute atomic E-state index is 12.9. The SMILES string of the molecule is CCC[C@H](C[C@@H](C)N(C(C)=O)c1ccccc1NCC(=O)O)N(CC)[C@H]1C[C@@H]2CCC[C@@H](C2)C1. The van der Waals surface area contributed by atoms with Gasteiger partial charge in [-0.15, -0.1) is 0 Å². The largest absolute Gasteiger partial charge is 0.480 e. The Balaban J connectivity index is 1.79. The summed E-state index contributed by atoms with van der Waals surface area (Å²) in [4.78, 5) is 28.6. The van der Waals surface area contributed by atoms with Gasteiger partial charge in [-0.3, -0.25) is 14.5 Å². The first kappa shape index (κ1) is 26.5. The Kier molecular flexibility index (Phi) is 9.81. The van der Waals surface area contributed by atoms with Crippen molar-refractivity contribution < 1.29 is 14.7 Å². The molecule has 2 aliphatic rings. The highest BCUT2D eigenvalue weighted by Gasteiger charge is 2.37. The average Bonchev–Trinajstić information content (AvgIpc) is 2.78. The predicted molar refractivity (Wildman–Crippen MR) is 139 cm³/mol. The Hall–Kier alpha value is -2.08. The number of carboxylic acids is 1. The van der Waals surface area contributed by atoms with E-state index < -0.39 is 5.97 Å². The first-order valence-electron chi connectivity index (χ1n) is 13.4. The Morgan fingerprint density at radius 2 is 1.79 bits per heavy atom. The number of carbonyl (C=O) groups excluding carboxylic acids is 1. The van der Waals surface area contributed by atoms with Gasteiger partial charge in [0.05, 0.1) is 11.4 Å². The third-order valence-corrected chi connectivity index (χ3v) is 8.01. The lowest BCUT2D eigenvalue weighted by atomic mass is 9.70. The van der Waals surface area contributed by atoms with E-state index in [2.05, 4.69) is 31.0 Å². The van der Waals surface area contributed by atoms with Crippen molar-refractivity contribution in [3.05, 3.63) is 24.3 Å². The molecule has 0 aromatic heterocycles. The molecule has 2 bridgehead atoms. The van der Waals surface area contributed by atoms with Gasteiger partial charge in [0.1, 0.15) is 6.54 Å². The van der Waals surface area contributed by atoms with Crippen LogP contribution in [0.3, 0.4) is 0 Å². The summed E-state index contributed by atoms with van der Waals surface area (Å²) in [5, 5.41) is 12.1. The van der Waals surface area contributed by atoms with Gasteiger partial charge in [-0.05, 0) is 69.5 Å². The van der Waals surface area contributed by atoms with Gasteiger partial charge in [-0.25, -0.2) is 0 Å². The number of carbonyl (C=O) groups is 2. The van der Waals surface area contributed by atoms with Crippen molar-refractivity contribution in [3.63, 3.8) is 0 Å². The van der Waals surface area contributed by atoms with Gasteiger partial charge in [0.2, 0.25) is 5.91 Å². The second-order valence-electron chi connectivity index (χ2n) is 10.5. The van der Waals surface area contributed by atoms with E-state index >= 15 is 0 Å². The van der Waals surface area contributed by atoms with E-state index in [1.807, 2.05) is 29.2 Å². The highest BCUT2D eigenvalue weighted by molar-refractivity contribution is 5.96. The summed E-state index contributed by atoms with van der Waals surface area (Å²) in [5.41, 5.74) is 1.45. The fraction of sp³-hybridized carbons (Fsp3) is 0.714. The molecule has 0 aliphatic heterocycles. The Bertz CT molecular complexity index is 802. The second-order valence-corrected chi connectivity index (χ2v) is 10.5. The zero-order valence-corrected chi connectivity index (χ0v) is 21.6. The molecule has 2 aliphatic carbocycles. The minimum Gasteiger partial charge on any atom is -0.480 e. The molecule has 190 valence electrons. The number of amides is 1. The number of para-hydroxylation sites is 2. The smallest absolute Gasteiger partial charge is 0.322 e. The Morgan fingerprint density at radius 1 is 1.12 bits per heavy atom. The van der Waals surface area contributed by atoms with Crippen molar-refractivity contribution in [1.82, 2.24) is 4.90 Å². The molecular weight excluding hydrogens is 426 g/mol. The Morgan fingerprint density at radius 3 is 2.38 bits per heavy atom. The summed E-state index contributed by atoms with van der Waals surface area (Å²) < 4.78 is 0. The number of nitrogens with zero attached hydrogens (tertiary/aromatic N) is 2. The highest BCUT2D eigenvalue weighted by Crippen LogP contribution is 2.42. The van der Waals surface area contributed by atoms with E-state index in [4.69, 9.17) is 5.11 Å². The summed E-state index contributed by atoms with van der Waals surface area (Å²) in [6, 6.07) is 8.66. The summed E-state index contributed by atoms with van der Waals surface area (Å²) in [6.07, 6.45) is 11.5. The van der Waals surface area contributed by atoms with Gasteiger partial charge in [0.25, 0.3) is 0 Å². The van der Waals surface area contributed by atoms with Crippen LogP contribution in [0.2, 0.25) is 0 Å². The molecule has 1 amide bonds. The molecule has 1 aromatic carbocycles. The quantitative estimate of drug-likeness (QED) is 0.405. The van der Waals surface area contributed by atoms with E-state index in [1.54, 1.807) is 6.92 Å². The van der Waals surface area contributed by atoms with Crippen molar-refractivity contribution in [2.75, 3.05) is 23.3 Å². The number of benzene rings is 1. The third-order valence-electron chi connectivity index (χ3n) is 8.01. The maximum atomic E-state index is 12.9. The molecule has 2 saturated carbocycles. The molecule has 0 unspecified atom stereocenters. The number of fused-ring (bicyclic) bond motifs is 2. The monoisotopic (exact) mass is 471 g/mol. The number of hydrogen-bond acceptors (Lipinski definition) is 4. The van der Waals surface area contributed by atoms with Crippen molar-refractivity contribution >= 4 is 23.3 Å². The number of carboxylic acid groups (broad SMARTS) is 1. The molecule has 6 nitrogen and oxygen atoms in total. The number of rotatable bonds is 12. The van der Waals surface area contributed by atoms with Gasteiger partial charge < -0.3 is 15.3 Å². The first-order valence-corrected chi connectivity index (χ1v) is 13.4. The molecule has 0 saturated heterocycles. The average molecular weight is 472 g/mol. The van der Waals surface area contributed by atoms with Gasteiger partial charge in [-0.1, -0.05) is 51.7 Å². The lowest BCUT2D eigenvalue weighted by Crippen LogP contribution is -2.50. The molecular formula is C28H45N3O3. The summed E-state index contributed by atoms with van der Waals surface area (Å²) in [7, 11) is 0. The van der Waals surface area contributed by atoms with Gasteiger partial charge >= 0.3 is 5.97 Å². The second kappa shape index (κ2) is 12.6. The minimum absolute atomic E-state index is 0.0115. The van der Waals surface area contributed by atoms with Crippen LogP contribution in [-0.4, -0.2) is 53.1 Å². The van der Waals surface area contributed by atoms with Crippen LogP contribution in [0.4, 0.5) is 11.4 Å². The Labute approximate surface area is 206 Å². The standard InChI is InChI=1S/C28H45N3O3/c1-5-10-24(30(6-2)25-17-22-11-9-12-23(16-22)18-25)15-20(3)31(21(4)32)27-14-8-7-13-26(27)29-19-28(33)34/h7-8,13-14,20,22-25,29H,5-6,9-12,15-19H2,1-4H3,(H,33,34)/t20-,22-,23+,24-,25+/m1/s1.